The van der Waals surface area contributed by atoms with Gasteiger partial charge in [0, 0.05) is 22.3 Å². The van der Waals surface area contributed by atoms with E-state index in [2.05, 4.69) is 20.6 Å². The Morgan fingerprint density at radius 3 is 2.80 bits per heavy atom. The van der Waals surface area contributed by atoms with E-state index in [1.807, 2.05) is 17.5 Å². The van der Waals surface area contributed by atoms with Gasteiger partial charge in [0.15, 0.2) is 6.17 Å². The molecule has 4 rings (SSSR count). The highest BCUT2D eigenvalue weighted by Crippen LogP contribution is 2.28. The minimum Gasteiger partial charge on any atom is -0.326 e. The zero-order valence-electron chi connectivity index (χ0n) is 13.2. The largest absolute Gasteiger partial charge is 0.326 e. The van der Waals surface area contributed by atoms with Crippen LogP contribution in [-0.4, -0.2) is 15.5 Å². The van der Waals surface area contributed by atoms with E-state index in [1.165, 1.54) is 34.1 Å². The van der Waals surface area contributed by atoms with Crippen LogP contribution in [0.25, 0.3) is 0 Å². The molecule has 0 bridgehead atoms. The molecule has 0 saturated heterocycles. The summed E-state index contributed by atoms with van der Waals surface area (Å²) < 4.78 is 14.6. The van der Waals surface area contributed by atoms with Crippen LogP contribution in [0.5, 0.6) is 0 Å². The number of fused-ring (bicyclic) bond motifs is 1. The maximum absolute atomic E-state index is 13.1. The highest BCUT2D eigenvalue weighted by Gasteiger charge is 2.25. The minimum atomic E-state index is -0.500. The van der Waals surface area contributed by atoms with Gasteiger partial charge in [0.05, 0.1) is 0 Å². The Labute approximate surface area is 146 Å². The van der Waals surface area contributed by atoms with Crippen molar-refractivity contribution in [2.45, 2.75) is 13.1 Å². The predicted octanol–water partition coefficient (Wildman–Crippen LogP) is 3.19. The molecule has 0 amide bonds. The Hall–Kier alpha value is -3.00. The molecular weight excluding hydrogens is 341 g/mol. The monoisotopic (exact) mass is 355 g/mol. The smallest absolute Gasteiger partial charge is 0.257 e. The van der Waals surface area contributed by atoms with E-state index in [1.54, 1.807) is 19.1 Å². The quantitative estimate of drug-likeness (QED) is 0.741. The first-order valence-corrected chi connectivity index (χ1v) is 8.49. The second-order valence-corrected chi connectivity index (χ2v) is 6.53. The van der Waals surface area contributed by atoms with Gasteiger partial charge in [-0.25, -0.2) is 14.4 Å². The number of hydrogen-bond acceptors (Lipinski definition) is 6. The van der Waals surface area contributed by atoms with Crippen molar-refractivity contribution < 1.29 is 4.39 Å². The molecule has 3 aromatic rings. The number of aryl methyl sites for hydroxylation is 1. The Balaban J connectivity index is 1.76. The average Bonchev–Trinajstić information content (AvgIpc) is 3.10. The molecule has 2 N–H and O–H groups in total. The van der Waals surface area contributed by atoms with Crippen LogP contribution in [0.2, 0.25) is 0 Å². The molecule has 126 valence electrons. The van der Waals surface area contributed by atoms with E-state index in [9.17, 15) is 9.18 Å². The van der Waals surface area contributed by atoms with E-state index in [4.69, 9.17) is 0 Å². The van der Waals surface area contributed by atoms with Crippen molar-refractivity contribution in [3.63, 3.8) is 0 Å². The number of nitrogens with one attached hydrogen (secondary N) is 2. The topological polar surface area (TPSA) is 71.3 Å². The summed E-state index contributed by atoms with van der Waals surface area (Å²) in [6, 6.07) is 11.3. The average molecular weight is 355 g/mol. The molecule has 0 radical (unpaired) electrons. The summed E-state index contributed by atoms with van der Waals surface area (Å²) in [5.41, 5.74) is 1.13. The summed E-state index contributed by atoms with van der Waals surface area (Å²) in [6.07, 6.45) is -0.500. The van der Waals surface area contributed by atoms with Gasteiger partial charge in [-0.15, -0.1) is 11.3 Å². The van der Waals surface area contributed by atoms with Crippen LogP contribution in [0.4, 0.5) is 16.0 Å². The molecule has 0 aliphatic carbocycles. The fourth-order valence-electron chi connectivity index (χ4n) is 2.61. The number of halogens is 1. The van der Waals surface area contributed by atoms with Crippen LogP contribution < -0.4 is 16.2 Å². The number of aliphatic imine (C=N–C) groups is 1. The van der Waals surface area contributed by atoms with Gasteiger partial charge in [-0.1, -0.05) is 6.07 Å². The zero-order chi connectivity index (χ0) is 17.4. The zero-order valence-corrected chi connectivity index (χ0v) is 14.0. The lowest BCUT2D eigenvalue weighted by Gasteiger charge is -2.26. The fourth-order valence-corrected chi connectivity index (χ4v) is 3.36. The lowest BCUT2D eigenvalue weighted by atomic mass is 10.3. The number of rotatable bonds is 2. The number of nitrogens with zero attached hydrogens (tertiary/aromatic N) is 3. The second kappa shape index (κ2) is 6.14. The van der Waals surface area contributed by atoms with Gasteiger partial charge in [-0.3, -0.25) is 14.7 Å². The van der Waals surface area contributed by atoms with Gasteiger partial charge in [-0.2, -0.15) is 0 Å². The summed E-state index contributed by atoms with van der Waals surface area (Å²) in [5.74, 6) is 0.556. The van der Waals surface area contributed by atoms with Crippen LogP contribution in [-0.2, 0) is 0 Å². The van der Waals surface area contributed by atoms with Crippen molar-refractivity contribution in [1.82, 2.24) is 9.55 Å². The first kappa shape index (κ1) is 15.5. The third-order valence-corrected chi connectivity index (χ3v) is 4.62. The molecule has 1 aliphatic heterocycles. The van der Waals surface area contributed by atoms with Gasteiger partial charge in [0.2, 0.25) is 11.9 Å². The van der Waals surface area contributed by atoms with Gasteiger partial charge in [0.1, 0.15) is 5.82 Å². The van der Waals surface area contributed by atoms with Gasteiger partial charge >= 0.3 is 0 Å². The third-order valence-electron chi connectivity index (χ3n) is 3.71. The van der Waals surface area contributed by atoms with Crippen molar-refractivity contribution in [1.29, 1.82) is 0 Å². The van der Waals surface area contributed by atoms with E-state index in [0.29, 0.717) is 23.3 Å². The lowest BCUT2D eigenvalue weighted by Crippen LogP contribution is -2.37. The Bertz CT molecular complexity index is 995. The molecule has 1 atom stereocenters. The molecule has 1 aliphatic rings. The summed E-state index contributed by atoms with van der Waals surface area (Å²) in [6.45, 7) is 1.77. The minimum absolute atomic E-state index is 0.169. The van der Waals surface area contributed by atoms with Crippen molar-refractivity contribution in [2.75, 3.05) is 10.6 Å². The second-order valence-electron chi connectivity index (χ2n) is 5.55. The highest BCUT2D eigenvalue weighted by molar-refractivity contribution is 7.10. The molecule has 2 aromatic heterocycles. The Morgan fingerprint density at radius 1 is 1.28 bits per heavy atom. The number of thiophene rings is 1. The summed E-state index contributed by atoms with van der Waals surface area (Å²) in [7, 11) is 0. The maximum Gasteiger partial charge on any atom is 0.257 e. The van der Waals surface area contributed by atoms with E-state index >= 15 is 0 Å². The summed E-state index contributed by atoms with van der Waals surface area (Å²) in [5, 5.41) is 8.07. The fraction of sp³-hybridized carbons (Fsp3) is 0.118. The van der Waals surface area contributed by atoms with Gasteiger partial charge < -0.3 is 5.32 Å². The first-order valence-electron chi connectivity index (χ1n) is 7.61. The van der Waals surface area contributed by atoms with E-state index in [0.717, 1.165) is 4.88 Å². The molecule has 0 saturated carbocycles. The SMILES string of the molecule is Cc1cc(=O)n2c(n1)NC(Nc1ccc(F)cc1)=NC2c1cccs1. The molecule has 25 heavy (non-hydrogen) atoms. The van der Waals surface area contributed by atoms with E-state index in [-0.39, 0.29) is 11.4 Å². The molecule has 0 fully saturated rings. The summed E-state index contributed by atoms with van der Waals surface area (Å²) in [4.78, 5) is 22.4. The number of anilines is 2. The van der Waals surface area contributed by atoms with E-state index < -0.39 is 6.17 Å². The van der Waals surface area contributed by atoms with Crippen LogP contribution in [0, 0.1) is 12.7 Å². The van der Waals surface area contributed by atoms with Crippen molar-refractivity contribution >= 4 is 28.9 Å². The molecular formula is C17H14FN5OS. The molecule has 0 spiro atoms. The number of aromatic nitrogens is 2. The van der Waals surface area contributed by atoms with Crippen molar-refractivity contribution in [2.24, 2.45) is 4.99 Å². The third kappa shape index (κ3) is 3.03. The molecule has 8 heteroatoms. The normalized spacial score (nSPS) is 15.9. The molecule has 1 unspecified atom stereocenters. The van der Waals surface area contributed by atoms with Gasteiger partial charge in [-0.05, 0) is 42.6 Å². The van der Waals surface area contributed by atoms with Gasteiger partial charge in [0.25, 0.3) is 5.56 Å². The first-order chi connectivity index (χ1) is 12.1. The van der Waals surface area contributed by atoms with Crippen molar-refractivity contribution in [3.05, 3.63) is 74.6 Å². The maximum atomic E-state index is 13.1. The molecule has 1 aromatic carbocycles. The standard InChI is InChI=1S/C17H14FN5OS/c1-10-9-14(24)23-15(13-3-2-8-25-13)21-16(22-17(23)19-10)20-12-6-4-11(18)5-7-12/h2-9,15H,1H3,(H2,19,20,21,22). The van der Waals surface area contributed by atoms with Crippen LogP contribution >= 0.6 is 11.3 Å². The Morgan fingerprint density at radius 2 is 2.08 bits per heavy atom. The summed E-state index contributed by atoms with van der Waals surface area (Å²) >= 11 is 1.52. The van der Waals surface area contributed by atoms with Crippen molar-refractivity contribution in [3.8, 4) is 0 Å². The highest BCUT2D eigenvalue weighted by atomic mass is 32.1. The Kier molecular flexibility index (Phi) is 3.81. The lowest BCUT2D eigenvalue weighted by molar-refractivity contribution is 0.586. The number of hydrogen-bond donors (Lipinski definition) is 2. The predicted molar refractivity (Wildman–Crippen MR) is 96.8 cm³/mol. The van der Waals surface area contributed by atoms with Crippen LogP contribution in [0.3, 0.4) is 0 Å². The number of guanidine groups is 1. The molecule has 3 heterocycles. The number of benzene rings is 1. The van der Waals surface area contributed by atoms with Crippen LogP contribution in [0.1, 0.15) is 16.7 Å². The molecule has 6 nitrogen and oxygen atoms in total. The van der Waals surface area contributed by atoms with Crippen LogP contribution in [0.15, 0.2) is 57.6 Å².